The van der Waals surface area contributed by atoms with Crippen molar-refractivity contribution in [3.05, 3.63) is 65.7 Å². The summed E-state index contributed by atoms with van der Waals surface area (Å²) in [7, 11) is 0. The largest absolute Gasteiger partial charge is 0.487 e. The molecule has 2 rings (SSSR count). The maximum absolute atomic E-state index is 13.9. The van der Waals surface area contributed by atoms with E-state index in [1.807, 2.05) is 25.1 Å². The van der Waals surface area contributed by atoms with Gasteiger partial charge in [-0.2, -0.15) is 0 Å². The van der Waals surface area contributed by atoms with E-state index in [0.717, 1.165) is 12.0 Å². The Kier molecular flexibility index (Phi) is 5.50. The first-order chi connectivity index (χ1) is 10.4. The lowest BCUT2D eigenvalue weighted by Gasteiger charge is -2.17. The minimum Gasteiger partial charge on any atom is -0.487 e. The quantitative estimate of drug-likeness (QED) is 0.843. The van der Waals surface area contributed by atoms with Gasteiger partial charge in [0, 0.05) is 12.5 Å². The Bertz CT molecular complexity index is 567. The molecule has 0 bridgehead atoms. The standard InChI is InChI=1S/C18H21F2NO/c1-14(21)11-15-7-9-17(10-8-15)22-13-18(19,20)12-16-5-3-2-4-6-16/h2-10,14H,11-13,21H2,1H3/t14-/m0/s1. The molecule has 2 N–H and O–H groups in total. The highest BCUT2D eigenvalue weighted by atomic mass is 19.3. The van der Waals surface area contributed by atoms with Crippen molar-refractivity contribution in [2.45, 2.75) is 31.7 Å². The normalized spacial score (nSPS) is 12.9. The third-order valence-corrected chi connectivity index (χ3v) is 3.24. The van der Waals surface area contributed by atoms with Crippen LogP contribution in [0.1, 0.15) is 18.1 Å². The molecule has 22 heavy (non-hydrogen) atoms. The van der Waals surface area contributed by atoms with Crippen molar-refractivity contribution in [2.75, 3.05) is 6.61 Å². The molecule has 2 nitrogen and oxygen atoms in total. The van der Waals surface area contributed by atoms with Crippen LogP contribution < -0.4 is 10.5 Å². The van der Waals surface area contributed by atoms with Crippen molar-refractivity contribution in [2.24, 2.45) is 5.73 Å². The topological polar surface area (TPSA) is 35.2 Å². The molecule has 2 aromatic rings. The molecule has 0 heterocycles. The van der Waals surface area contributed by atoms with Gasteiger partial charge >= 0.3 is 0 Å². The number of halogens is 2. The summed E-state index contributed by atoms with van der Waals surface area (Å²) < 4.78 is 33.0. The Morgan fingerprint density at radius 1 is 1.00 bits per heavy atom. The van der Waals surface area contributed by atoms with Gasteiger partial charge in [0.05, 0.1) is 0 Å². The second kappa shape index (κ2) is 7.36. The van der Waals surface area contributed by atoms with Crippen LogP contribution in [-0.2, 0) is 12.8 Å². The maximum atomic E-state index is 13.9. The van der Waals surface area contributed by atoms with Gasteiger partial charge in [0.1, 0.15) is 5.75 Å². The van der Waals surface area contributed by atoms with Crippen molar-refractivity contribution in [3.63, 3.8) is 0 Å². The highest BCUT2D eigenvalue weighted by molar-refractivity contribution is 5.28. The van der Waals surface area contributed by atoms with Crippen molar-refractivity contribution in [3.8, 4) is 5.75 Å². The first kappa shape index (κ1) is 16.4. The molecular weight excluding hydrogens is 284 g/mol. The molecular formula is C18H21F2NO. The summed E-state index contributed by atoms with van der Waals surface area (Å²) >= 11 is 0. The average Bonchev–Trinajstić information content (AvgIpc) is 2.47. The predicted octanol–water partition coefficient (Wildman–Crippen LogP) is 3.83. The molecule has 0 radical (unpaired) electrons. The van der Waals surface area contributed by atoms with Crippen LogP contribution in [0.25, 0.3) is 0 Å². The zero-order chi connectivity index (χ0) is 16.0. The number of hydrogen-bond acceptors (Lipinski definition) is 2. The minimum absolute atomic E-state index is 0.0713. The molecule has 0 aromatic heterocycles. The Morgan fingerprint density at radius 3 is 2.23 bits per heavy atom. The van der Waals surface area contributed by atoms with Crippen molar-refractivity contribution >= 4 is 0 Å². The SMILES string of the molecule is C[C@H](N)Cc1ccc(OCC(F)(F)Cc2ccccc2)cc1. The van der Waals surface area contributed by atoms with Gasteiger partial charge in [-0.15, -0.1) is 0 Å². The second-order valence-electron chi connectivity index (χ2n) is 5.63. The monoisotopic (exact) mass is 305 g/mol. The molecule has 0 aliphatic carbocycles. The van der Waals surface area contributed by atoms with Gasteiger partial charge < -0.3 is 10.5 Å². The van der Waals surface area contributed by atoms with E-state index in [1.165, 1.54) is 0 Å². The van der Waals surface area contributed by atoms with E-state index in [1.54, 1.807) is 36.4 Å². The Hall–Kier alpha value is -1.94. The molecule has 0 saturated heterocycles. The van der Waals surface area contributed by atoms with Crippen LogP contribution >= 0.6 is 0 Å². The lowest BCUT2D eigenvalue weighted by Crippen LogP contribution is -2.28. The van der Waals surface area contributed by atoms with Crippen LogP contribution in [0.4, 0.5) is 8.78 Å². The highest BCUT2D eigenvalue weighted by Gasteiger charge is 2.30. The van der Waals surface area contributed by atoms with Crippen LogP contribution in [0.5, 0.6) is 5.75 Å². The molecule has 1 atom stereocenters. The van der Waals surface area contributed by atoms with E-state index in [2.05, 4.69) is 0 Å². The summed E-state index contributed by atoms with van der Waals surface area (Å²) in [6.07, 6.45) is 0.432. The zero-order valence-electron chi connectivity index (χ0n) is 12.6. The summed E-state index contributed by atoms with van der Waals surface area (Å²) in [6, 6.07) is 15.9. The van der Waals surface area contributed by atoms with Crippen LogP contribution in [0.15, 0.2) is 54.6 Å². The second-order valence-corrected chi connectivity index (χ2v) is 5.63. The smallest absolute Gasteiger partial charge is 0.285 e. The van der Waals surface area contributed by atoms with E-state index in [-0.39, 0.29) is 12.5 Å². The molecule has 0 fully saturated rings. The van der Waals surface area contributed by atoms with Gasteiger partial charge in [0.25, 0.3) is 5.92 Å². The first-order valence-electron chi connectivity index (χ1n) is 7.34. The fourth-order valence-electron chi connectivity index (χ4n) is 2.23. The fraction of sp³-hybridized carbons (Fsp3) is 0.333. The molecule has 118 valence electrons. The van der Waals surface area contributed by atoms with E-state index < -0.39 is 12.5 Å². The van der Waals surface area contributed by atoms with Gasteiger partial charge in [-0.05, 0) is 36.6 Å². The molecule has 0 aliphatic heterocycles. The molecule has 0 saturated carbocycles. The van der Waals surface area contributed by atoms with Gasteiger partial charge in [-0.25, -0.2) is 8.78 Å². The number of alkyl halides is 2. The number of rotatable bonds is 7. The van der Waals surface area contributed by atoms with Crippen molar-refractivity contribution in [1.82, 2.24) is 0 Å². The minimum atomic E-state index is -2.90. The van der Waals surface area contributed by atoms with Crippen LogP contribution in [-0.4, -0.2) is 18.6 Å². The average molecular weight is 305 g/mol. The third kappa shape index (κ3) is 5.45. The van der Waals surface area contributed by atoms with Crippen molar-refractivity contribution < 1.29 is 13.5 Å². The molecule has 4 heteroatoms. The zero-order valence-corrected chi connectivity index (χ0v) is 12.6. The van der Waals surface area contributed by atoms with E-state index in [0.29, 0.717) is 11.3 Å². The Labute approximate surface area is 129 Å². The van der Waals surface area contributed by atoms with Crippen LogP contribution in [0.2, 0.25) is 0 Å². The lowest BCUT2D eigenvalue weighted by molar-refractivity contribution is -0.0400. The van der Waals surface area contributed by atoms with Gasteiger partial charge in [0.15, 0.2) is 6.61 Å². The Balaban J connectivity index is 1.88. The molecule has 0 unspecified atom stereocenters. The Morgan fingerprint density at radius 2 is 1.64 bits per heavy atom. The molecule has 2 aromatic carbocycles. The third-order valence-electron chi connectivity index (χ3n) is 3.24. The van der Waals surface area contributed by atoms with Gasteiger partial charge in [-0.3, -0.25) is 0 Å². The number of benzene rings is 2. The van der Waals surface area contributed by atoms with Crippen LogP contribution in [0.3, 0.4) is 0 Å². The van der Waals surface area contributed by atoms with E-state index in [9.17, 15) is 8.78 Å². The molecule has 0 spiro atoms. The summed E-state index contributed by atoms with van der Waals surface area (Å²) in [5, 5.41) is 0. The maximum Gasteiger partial charge on any atom is 0.285 e. The lowest BCUT2D eigenvalue weighted by atomic mass is 10.1. The number of nitrogens with two attached hydrogens (primary N) is 1. The first-order valence-corrected chi connectivity index (χ1v) is 7.34. The van der Waals surface area contributed by atoms with E-state index >= 15 is 0 Å². The predicted molar refractivity (Wildman–Crippen MR) is 84.4 cm³/mol. The fourth-order valence-corrected chi connectivity index (χ4v) is 2.23. The number of hydrogen-bond donors (Lipinski definition) is 1. The summed E-state index contributed by atoms with van der Waals surface area (Å²) in [4.78, 5) is 0. The summed E-state index contributed by atoms with van der Waals surface area (Å²) in [5.41, 5.74) is 7.39. The summed E-state index contributed by atoms with van der Waals surface area (Å²) in [6.45, 7) is 1.29. The molecule has 0 aliphatic rings. The number of ether oxygens (including phenoxy) is 1. The van der Waals surface area contributed by atoms with Crippen molar-refractivity contribution in [1.29, 1.82) is 0 Å². The van der Waals surface area contributed by atoms with Crippen LogP contribution in [0, 0.1) is 0 Å². The highest BCUT2D eigenvalue weighted by Crippen LogP contribution is 2.22. The van der Waals surface area contributed by atoms with Gasteiger partial charge in [-0.1, -0.05) is 42.5 Å². The van der Waals surface area contributed by atoms with E-state index in [4.69, 9.17) is 10.5 Å². The summed E-state index contributed by atoms with van der Waals surface area (Å²) in [5.74, 6) is -2.45. The van der Waals surface area contributed by atoms with Gasteiger partial charge in [0.2, 0.25) is 0 Å². The molecule has 0 amide bonds.